The van der Waals surface area contributed by atoms with Gasteiger partial charge in [-0.25, -0.2) is 4.39 Å². The topological polar surface area (TPSA) is 12.0 Å². The first-order valence-electron chi connectivity index (χ1n) is 6.59. The molecule has 0 atom stereocenters. The van der Waals surface area contributed by atoms with Crippen LogP contribution in [0.15, 0.2) is 46.9 Å². The third-order valence-corrected chi connectivity index (χ3v) is 4.96. The lowest BCUT2D eigenvalue weighted by atomic mass is 9.76. The van der Waals surface area contributed by atoms with Crippen molar-refractivity contribution in [1.82, 2.24) is 0 Å². The summed E-state index contributed by atoms with van der Waals surface area (Å²) in [6.07, 6.45) is 2.06. The van der Waals surface area contributed by atoms with Crippen LogP contribution in [0.5, 0.6) is 0 Å². The highest BCUT2D eigenvalue weighted by molar-refractivity contribution is 9.10. The van der Waals surface area contributed by atoms with Crippen LogP contribution in [-0.4, -0.2) is 6.04 Å². The number of hydrogen-bond donors (Lipinski definition) is 1. The van der Waals surface area contributed by atoms with Crippen molar-refractivity contribution in [3.8, 4) is 0 Å². The summed E-state index contributed by atoms with van der Waals surface area (Å²) in [5, 5.41) is 4.19. The molecule has 4 heteroatoms. The maximum absolute atomic E-state index is 13.2. The lowest BCUT2D eigenvalue weighted by Gasteiger charge is -2.37. The van der Waals surface area contributed by atoms with Crippen LogP contribution in [0.25, 0.3) is 0 Å². The van der Waals surface area contributed by atoms with E-state index in [-0.39, 0.29) is 5.82 Å². The Hall–Kier alpha value is -1.06. The van der Waals surface area contributed by atoms with E-state index in [1.54, 1.807) is 12.1 Å². The molecule has 0 unspecified atom stereocenters. The lowest BCUT2D eigenvalue weighted by Crippen LogP contribution is -2.34. The van der Waals surface area contributed by atoms with E-state index in [0.29, 0.717) is 17.0 Å². The first kappa shape index (κ1) is 13.9. The fraction of sp³-hybridized carbons (Fsp3) is 0.250. The molecule has 0 aliphatic heterocycles. The molecule has 0 bridgehead atoms. The molecular formula is C16H14BrClFN. The van der Waals surface area contributed by atoms with E-state index in [9.17, 15) is 4.39 Å². The largest absolute Gasteiger partial charge is 0.382 e. The molecular weight excluding hydrogens is 341 g/mol. The zero-order valence-electron chi connectivity index (χ0n) is 10.7. The third-order valence-electron chi connectivity index (χ3n) is 3.75. The number of anilines is 1. The van der Waals surface area contributed by atoms with Crippen LogP contribution in [0.2, 0.25) is 5.02 Å². The van der Waals surface area contributed by atoms with Crippen LogP contribution < -0.4 is 5.32 Å². The molecule has 2 aromatic rings. The van der Waals surface area contributed by atoms with Crippen molar-refractivity contribution in [2.45, 2.75) is 24.8 Å². The van der Waals surface area contributed by atoms with Crippen LogP contribution in [0.3, 0.4) is 0 Å². The molecule has 0 amide bonds. The van der Waals surface area contributed by atoms with Gasteiger partial charge in [-0.15, -0.1) is 0 Å². The Morgan fingerprint density at radius 3 is 2.65 bits per heavy atom. The lowest BCUT2D eigenvalue weighted by molar-refractivity contribution is 0.373. The monoisotopic (exact) mass is 353 g/mol. The molecule has 3 rings (SSSR count). The normalized spacial score (nSPS) is 21.4. The molecule has 0 radical (unpaired) electrons. The van der Waals surface area contributed by atoms with Gasteiger partial charge in [0.2, 0.25) is 0 Å². The van der Waals surface area contributed by atoms with E-state index in [4.69, 9.17) is 11.6 Å². The van der Waals surface area contributed by atoms with Crippen LogP contribution in [0.4, 0.5) is 10.1 Å². The molecule has 0 heterocycles. The number of rotatable bonds is 3. The Morgan fingerprint density at radius 2 is 1.95 bits per heavy atom. The SMILES string of the molecule is Fc1cccc(C2CC(Nc3ccc(Cl)c(Br)c3)C2)c1. The van der Waals surface area contributed by atoms with Crippen molar-refractivity contribution >= 4 is 33.2 Å². The first-order valence-corrected chi connectivity index (χ1v) is 7.76. The Bertz CT molecular complexity index is 626. The van der Waals surface area contributed by atoms with Gasteiger partial charge < -0.3 is 5.32 Å². The second kappa shape index (κ2) is 5.74. The number of halogens is 3. The molecule has 1 aliphatic carbocycles. The van der Waals surface area contributed by atoms with Gasteiger partial charge in [-0.2, -0.15) is 0 Å². The molecule has 1 fully saturated rings. The highest BCUT2D eigenvalue weighted by Gasteiger charge is 2.30. The summed E-state index contributed by atoms with van der Waals surface area (Å²) < 4.78 is 14.1. The Morgan fingerprint density at radius 1 is 1.15 bits per heavy atom. The minimum absolute atomic E-state index is 0.152. The molecule has 1 nitrogen and oxygen atoms in total. The summed E-state index contributed by atoms with van der Waals surface area (Å²) in [7, 11) is 0. The minimum Gasteiger partial charge on any atom is -0.382 e. The van der Waals surface area contributed by atoms with Crippen molar-refractivity contribution in [2.75, 3.05) is 5.32 Å². The van der Waals surface area contributed by atoms with E-state index in [2.05, 4.69) is 21.2 Å². The molecule has 2 aromatic carbocycles. The number of benzene rings is 2. The minimum atomic E-state index is -0.152. The van der Waals surface area contributed by atoms with Crippen molar-refractivity contribution in [2.24, 2.45) is 0 Å². The predicted molar refractivity (Wildman–Crippen MR) is 84.9 cm³/mol. The second-order valence-electron chi connectivity index (χ2n) is 5.19. The van der Waals surface area contributed by atoms with Gasteiger partial charge in [-0.3, -0.25) is 0 Å². The predicted octanol–water partition coefficient (Wildman–Crippen LogP) is 5.60. The molecule has 0 aromatic heterocycles. The molecule has 104 valence electrons. The van der Waals surface area contributed by atoms with Gasteiger partial charge in [0.1, 0.15) is 5.82 Å². The van der Waals surface area contributed by atoms with Gasteiger partial charge in [0.25, 0.3) is 0 Å². The summed E-state index contributed by atoms with van der Waals surface area (Å²) in [5.74, 6) is 0.305. The summed E-state index contributed by atoms with van der Waals surface area (Å²) in [6, 6.07) is 13.2. The number of hydrogen-bond acceptors (Lipinski definition) is 1. The Balaban J connectivity index is 1.59. The summed E-state index contributed by atoms with van der Waals surface area (Å²) in [4.78, 5) is 0. The van der Waals surface area contributed by atoms with Crippen molar-refractivity contribution in [3.63, 3.8) is 0 Å². The zero-order chi connectivity index (χ0) is 14.1. The van der Waals surface area contributed by atoms with Crippen molar-refractivity contribution < 1.29 is 4.39 Å². The fourth-order valence-corrected chi connectivity index (χ4v) is 3.09. The van der Waals surface area contributed by atoms with Crippen molar-refractivity contribution in [1.29, 1.82) is 0 Å². The van der Waals surface area contributed by atoms with E-state index in [1.807, 2.05) is 24.3 Å². The molecule has 1 N–H and O–H groups in total. The second-order valence-corrected chi connectivity index (χ2v) is 6.46. The fourth-order valence-electron chi connectivity index (χ4n) is 2.59. The van der Waals surface area contributed by atoms with Crippen LogP contribution >= 0.6 is 27.5 Å². The van der Waals surface area contributed by atoms with Crippen LogP contribution in [-0.2, 0) is 0 Å². The average molecular weight is 355 g/mol. The highest BCUT2D eigenvalue weighted by atomic mass is 79.9. The van der Waals surface area contributed by atoms with Gasteiger partial charge >= 0.3 is 0 Å². The van der Waals surface area contributed by atoms with Gasteiger partial charge in [0.15, 0.2) is 0 Å². The van der Waals surface area contributed by atoms with Crippen LogP contribution in [0, 0.1) is 5.82 Å². The highest BCUT2D eigenvalue weighted by Crippen LogP contribution is 2.39. The first-order chi connectivity index (χ1) is 9.61. The van der Waals surface area contributed by atoms with Gasteiger partial charge in [0.05, 0.1) is 5.02 Å². The van der Waals surface area contributed by atoms with E-state index >= 15 is 0 Å². The van der Waals surface area contributed by atoms with Gasteiger partial charge in [0, 0.05) is 16.2 Å². The third kappa shape index (κ3) is 2.99. The van der Waals surface area contributed by atoms with Gasteiger partial charge in [-0.05, 0) is 70.6 Å². The molecule has 0 saturated heterocycles. The smallest absolute Gasteiger partial charge is 0.123 e. The molecule has 0 spiro atoms. The van der Waals surface area contributed by atoms with Crippen LogP contribution in [0.1, 0.15) is 24.3 Å². The molecule has 20 heavy (non-hydrogen) atoms. The maximum Gasteiger partial charge on any atom is 0.123 e. The van der Waals surface area contributed by atoms with E-state index in [1.165, 1.54) is 6.07 Å². The summed E-state index contributed by atoms with van der Waals surface area (Å²) >= 11 is 9.39. The quantitative estimate of drug-likeness (QED) is 0.756. The molecule has 1 saturated carbocycles. The zero-order valence-corrected chi connectivity index (χ0v) is 13.1. The Labute approximate surface area is 131 Å². The molecule has 1 aliphatic rings. The van der Waals surface area contributed by atoms with Crippen molar-refractivity contribution in [3.05, 3.63) is 63.3 Å². The standard InChI is InChI=1S/C16H14BrClFN/c17-15-9-13(4-5-16(15)18)20-14-7-11(8-14)10-2-1-3-12(19)6-10/h1-6,9,11,14,20H,7-8H2. The summed E-state index contributed by atoms with van der Waals surface area (Å²) in [6.45, 7) is 0. The van der Waals surface area contributed by atoms with Gasteiger partial charge in [-0.1, -0.05) is 23.7 Å². The Kier molecular flexibility index (Phi) is 3.99. The average Bonchev–Trinajstić information content (AvgIpc) is 2.37. The number of nitrogens with one attached hydrogen (secondary N) is 1. The van der Waals surface area contributed by atoms with E-state index in [0.717, 1.165) is 28.6 Å². The maximum atomic E-state index is 13.2. The van der Waals surface area contributed by atoms with E-state index < -0.39 is 0 Å². The summed E-state index contributed by atoms with van der Waals surface area (Å²) in [5.41, 5.74) is 2.16.